The zero-order valence-corrected chi connectivity index (χ0v) is 15.8. The van der Waals surface area contributed by atoms with Crippen molar-refractivity contribution in [3.05, 3.63) is 48.0 Å². The number of halogens is 1. The normalized spacial score (nSPS) is 14.8. The topological polar surface area (TPSA) is 88.2 Å². The van der Waals surface area contributed by atoms with Crippen molar-refractivity contribution in [2.45, 2.75) is 6.54 Å². The molecule has 4 rings (SSSR count). The molecule has 1 aliphatic heterocycles. The van der Waals surface area contributed by atoms with Gasteiger partial charge in [0.05, 0.1) is 17.1 Å². The van der Waals surface area contributed by atoms with Crippen LogP contribution >= 0.6 is 0 Å². The first-order valence-corrected chi connectivity index (χ1v) is 9.01. The molecule has 8 heteroatoms. The van der Waals surface area contributed by atoms with Crippen molar-refractivity contribution in [3.63, 3.8) is 0 Å². The van der Waals surface area contributed by atoms with Crippen LogP contribution in [-0.2, 0) is 11.3 Å². The molecule has 0 atom stereocenters. The average molecular weight is 380 g/mol. The Morgan fingerprint density at radius 3 is 2.79 bits per heavy atom. The summed E-state index contributed by atoms with van der Waals surface area (Å²) < 4.78 is 14.2. The molecule has 0 spiro atoms. The molecular weight excluding hydrogens is 359 g/mol. The van der Waals surface area contributed by atoms with E-state index in [4.69, 9.17) is 5.73 Å². The minimum absolute atomic E-state index is 0.0214. The quantitative estimate of drug-likeness (QED) is 0.744. The lowest BCUT2D eigenvalue weighted by molar-refractivity contribution is -0.138. The second-order valence-corrected chi connectivity index (χ2v) is 7.29. The van der Waals surface area contributed by atoms with Crippen molar-refractivity contribution in [2.75, 3.05) is 32.9 Å². The number of aromatic nitrogens is 3. The monoisotopic (exact) mass is 380 g/mol. The first-order valence-electron chi connectivity index (χ1n) is 9.01. The van der Waals surface area contributed by atoms with Crippen LogP contribution in [0.2, 0.25) is 0 Å². The van der Waals surface area contributed by atoms with Gasteiger partial charge in [-0.25, -0.2) is 19.3 Å². The molecule has 2 aromatic heterocycles. The Balaban J connectivity index is 1.55. The molecule has 1 amide bonds. The van der Waals surface area contributed by atoms with Crippen LogP contribution in [0.15, 0.2) is 36.7 Å². The highest BCUT2D eigenvalue weighted by molar-refractivity contribution is 5.85. The van der Waals surface area contributed by atoms with Crippen molar-refractivity contribution < 1.29 is 9.18 Å². The molecular formula is C20H21FN6O. The molecule has 3 aromatic rings. The predicted molar refractivity (Wildman–Crippen MR) is 105 cm³/mol. The first-order chi connectivity index (χ1) is 13.4. The van der Waals surface area contributed by atoms with Crippen molar-refractivity contribution in [1.29, 1.82) is 0 Å². The maximum atomic E-state index is 14.2. The van der Waals surface area contributed by atoms with E-state index in [2.05, 4.69) is 19.9 Å². The van der Waals surface area contributed by atoms with Gasteiger partial charge in [-0.2, -0.15) is 0 Å². The Kier molecular flexibility index (Phi) is 4.64. The van der Waals surface area contributed by atoms with Gasteiger partial charge in [-0.3, -0.25) is 9.69 Å². The largest absolute Gasteiger partial charge is 0.382 e. The summed E-state index contributed by atoms with van der Waals surface area (Å²) in [5.41, 5.74) is 9.15. The van der Waals surface area contributed by atoms with E-state index in [1.807, 2.05) is 6.07 Å². The number of benzene rings is 1. The third-order valence-corrected chi connectivity index (χ3v) is 4.92. The fraction of sp³-hybridized carbons (Fsp3) is 0.300. The van der Waals surface area contributed by atoms with Gasteiger partial charge >= 0.3 is 0 Å². The van der Waals surface area contributed by atoms with Crippen molar-refractivity contribution in [2.24, 2.45) is 5.92 Å². The van der Waals surface area contributed by atoms with Gasteiger partial charge in [-0.15, -0.1) is 0 Å². The molecule has 0 radical (unpaired) electrons. The number of anilines is 1. The van der Waals surface area contributed by atoms with Crippen molar-refractivity contribution >= 4 is 22.8 Å². The van der Waals surface area contributed by atoms with Crippen LogP contribution in [0.25, 0.3) is 22.3 Å². The van der Waals surface area contributed by atoms with Crippen LogP contribution in [0.4, 0.5) is 10.2 Å². The maximum Gasteiger partial charge on any atom is 0.227 e. The van der Waals surface area contributed by atoms with Gasteiger partial charge in [-0.1, -0.05) is 0 Å². The van der Waals surface area contributed by atoms with Crippen LogP contribution in [0.3, 0.4) is 0 Å². The van der Waals surface area contributed by atoms with Crippen LogP contribution in [0.1, 0.15) is 5.56 Å². The number of carbonyl (C=O) groups excluding carboxylic acids is 1. The Labute approximate surface area is 162 Å². The van der Waals surface area contributed by atoms with Gasteiger partial charge in [0.2, 0.25) is 5.91 Å². The fourth-order valence-electron chi connectivity index (χ4n) is 3.49. The molecule has 1 fully saturated rings. The lowest BCUT2D eigenvalue weighted by Crippen LogP contribution is -2.52. The zero-order valence-electron chi connectivity index (χ0n) is 15.8. The number of amides is 1. The van der Waals surface area contributed by atoms with E-state index in [1.165, 1.54) is 18.5 Å². The Bertz CT molecular complexity index is 1050. The molecule has 3 heterocycles. The summed E-state index contributed by atoms with van der Waals surface area (Å²) >= 11 is 0. The van der Waals surface area contributed by atoms with Crippen molar-refractivity contribution in [1.82, 2.24) is 24.8 Å². The molecule has 144 valence electrons. The van der Waals surface area contributed by atoms with E-state index >= 15 is 0 Å². The van der Waals surface area contributed by atoms with E-state index in [0.29, 0.717) is 47.7 Å². The van der Waals surface area contributed by atoms with E-state index in [9.17, 15) is 9.18 Å². The number of hydrogen-bond donors (Lipinski definition) is 1. The molecule has 7 nitrogen and oxygen atoms in total. The van der Waals surface area contributed by atoms with E-state index in [0.717, 1.165) is 5.56 Å². The Morgan fingerprint density at radius 2 is 2.04 bits per heavy atom. The highest BCUT2D eigenvalue weighted by Crippen LogP contribution is 2.26. The number of nitrogens with two attached hydrogens (primary N) is 1. The van der Waals surface area contributed by atoms with Crippen LogP contribution in [0.5, 0.6) is 0 Å². The molecule has 0 saturated carbocycles. The Hall–Kier alpha value is -3.13. The molecule has 1 aliphatic rings. The lowest BCUT2D eigenvalue weighted by atomic mass is 9.97. The van der Waals surface area contributed by atoms with Gasteiger partial charge in [0, 0.05) is 39.3 Å². The van der Waals surface area contributed by atoms with Crippen LogP contribution in [0, 0.1) is 11.7 Å². The minimum Gasteiger partial charge on any atom is -0.382 e. The fourth-order valence-corrected chi connectivity index (χ4v) is 3.49. The van der Waals surface area contributed by atoms with Crippen LogP contribution < -0.4 is 5.73 Å². The molecule has 0 unspecified atom stereocenters. The molecule has 28 heavy (non-hydrogen) atoms. The summed E-state index contributed by atoms with van der Waals surface area (Å²) in [4.78, 5) is 28.3. The summed E-state index contributed by atoms with van der Waals surface area (Å²) in [6.45, 7) is 1.96. The molecule has 0 aliphatic carbocycles. The summed E-state index contributed by atoms with van der Waals surface area (Å²) in [5, 5.41) is 0. The van der Waals surface area contributed by atoms with E-state index in [1.54, 1.807) is 31.1 Å². The third-order valence-electron chi connectivity index (χ3n) is 4.92. The highest BCUT2D eigenvalue weighted by Gasteiger charge is 2.33. The van der Waals surface area contributed by atoms with Gasteiger partial charge in [0.15, 0.2) is 5.82 Å². The molecule has 2 N–H and O–H groups in total. The second-order valence-electron chi connectivity index (χ2n) is 7.29. The summed E-state index contributed by atoms with van der Waals surface area (Å²) in [6, 6.07) is 8.48. The smallest absolute Gasteiger partial charge is 0.227 e. The maximum absolute atomic E-state index is 14.2. The third kappa shape index (κ3) is 3.50. The molecule has 0 bridgehead atoms. The average Bonchev–Trinajstić information content (AvgIpc) is 2.63. The molecule has 1 aromatic carbocycles. The number of pyridine rings is 1. The SMILES string of the molecule is CN(C)C(=O)C1CN(Cc2cc(F)cc(-c3ccc4ncnc(N)c4n3)c2)C1. The Morgan fingerprint density at radius 1 is 1.25 bits per heavy atom. The van der Waals surface area contributed by atoms with E-state index < -0.39 is 0 Å². The van der Waals surface area contributed by atoms with Gasteiger partial charge in [0.25, 0.3) is 0 Å². The first kappa shape index (κ1) is 18.2. The minimum atomic E-state index is -0.326. The van der Waals surface area contributed by atoms with Gasteiger partial charge < -0.3 is 10.6 Å². The number of rotatable bonds is 4. The number of carbonyl (C=O) groups is 1. The number of nitrogen functional groups attached to an aromatic ring is 1. The second kappa shape index (κ2) is 7.12. The summed E-state index contributed by atoms with van der Waals surface area (Å²) in [6.07, 6.45) is 1.39. The summed E-state index contributed by atoms with van der Waals surface area (Å²) in [7, 11) is 3.52. The van der Waals surface area contributed by atoms with Crippen molar-refractivity contribution in [3.8, 4) is 11.3 Å². The predicted octanol–water partition coefficient (Wildman–Crippen LogP) is 1.93. The number of fused-ring (bicyclic) bond motifs is 1. The number of nitrogens with zero attached hydrogens (tertiary/aromatic N) is 5. The van der Waals surface area contributed by atoms with Crippen LogP contribution in [-0.4, -0.2) is 57.8 Å². The standard InChI is InChI=1S/C20H21FN6O/c1-26(2)20(28)14-9-27(10-14)8-12-5-13(7-15(21)6-12)16-3-4-17-18(25-16)19(22)24-11-23-17/h3-7,11,14H,8-10H2,1-2H3,(H2,22,23,24). The van der Waals surface area contributed by atoms with Gasteiger partial charge in [-0.05, 0) is 35.9 Å². The number of hydrogen-bond acceptors (Lipinski definition) is 6. The lowest BCUT2D eigenvalue weighted by Gasteiger charge is -2.39. The van der Waals surface area contributed by atoms with E-state index in [-0.39, 0.29) is 17.6 Å². The van der Waals surface area contributed by atoms with Gasteiger partial charge in [0.1, 0.15) is 17.7 Å². The molecule has 1 saturated heterocycles. The highest BCUT2D eigenvalue weighted by atomic mass is 19.1. The summed E-state index contributed by atoms with van der Waals surface area (Å²) in [5.74, 6) is 0.123. The number of likely N-dealkylation sites (tertiary alicyclic amines) is 1. The zero-order chi connectivity index (χ0) is 19.8.